The summed E-state index contributed by atoms with van der Waals surface area (Å²) < 4.78 is 42.6. The van der Waals surface area contributed by atoms with E-state index in [1.165, 1.54) is 17.0 Å². The molecular formula is C13H19BF3NO3. The molecule has 0 aliphatic carbocycles. The van der Waals surface area contributed by atoms with Gasteiger partial charge in [0.15, 0.2) is 0 Å². The molecule has 118 valence electrons. The Balaban J connectivity index is 2.52. The number of halogens is 3. The van der Waals surface area contributed by atoms with Gasteiger partial charge in [-0.3, -0.25) is 4.90 Å². The third-order valence-electron chi connectivity index (χ3n) is 2.92. The van der Waals surface area contributed by atoms with E-state index in [0.717, 1.165) is 0 Å². The molecule has 2 N–H and O–H groups in total. The predicted molar refractivity (Wildman–Crippen MR) is 74.5 cm³/mol. The summed E-state index contributed by atoms with van der Waals surface area (Å²) in [6.07, 6.45) is -4.24. The fraction of sp³-hybridized carbons (Fsp3) is 0.538. The Kier molecular flexibility index (Phi) is 6.51. The first-order chi connectivity index (χ1) is 9.69. The first-order valence-corrected chi connectivity index (χ1v) is 6.59. The monoisotopic (exact) mass is 305 g/mol. The molecule has 1 rings (SSSR count). The largest absolute Gasteiger partial charge is 0.492 e. The molecule has 4 nitrogen and oxygen atoms in total. The highest BCUT2D eigenvalue weighted by molar-refractivity contribution is 6.58. The lowest BCUT2D eigenvalue weighted by Gasteiger charge is -2.27. The van der Waals surface area contributed by atoms with Gasteiger partial charge in [0.2, 0.25) is 0 Å². The predicted octanol–water partition coefficient (Wildman–Crippen LogP) is 1.02. The van der Waals surface area contributed by atoms with Gasteiger partial charge in [-0.15, -0.1) is 0 Å². The second kappa shape index (κ2) is 7.67. The van der Waals surface area contributed by atoms with Crippen molar-refractivity contribution in [3.63, 3.8) is 0 Å². The van der Waals surface area contributed by atoms with Crippen LogP contribution in [-0.4, -0.2) is 54.0 Å². The van der Waals surface area contributed by atoms with Crippen LogP contribution < -0.4 is 10.2 Å². The molecule has 0 radical (unpaired) electrons. The van der Waals surface area contributed by atoms with Crippen LogP contribution in [0.1, 0.15) is 13.8 Å². The summed E-state index contributed by atoms with van der Waals surface area (Å²) in [5.41, 5.74) is 0.267. The van der Waals surface area contributed by atoms with Crippen molar-refractivity contribution >= 4 is 12.6 Å². The van der Waals surface area contributed by atoms with Crippen LogP contribution in [0.5, 0.6) is 5.75 Å². The van der Waals surface area contributed by atoms with E-state index in [0.29, 0.717) is 5.75 Å². The van der Waals surface area contributed by atoms with E-state index in [2.05, 4.69) is 0 Å². The number of nitrogens with zero attached hydrogens (tertiary/aromatic N) is 1. The maximum Gasteiger partial charge on any atom is 0.488 e. The Morgan fingerprint density at radius 2 is 1.95 bits per heavy atom. The smallest absolute Gasteiger partial charge is 0.488 e. The molecule has 0 aliphatic heterocycles. The Morgan fingerprint density at radius 1 is 1.29 bits per heavy atom. The molecule has 0 bridgehead atoms. The van der Waals surface area contributed by atoms with Crippen LogP contribution in [-0.2, 0) is 0 Å². The Morgan fingerprint density at radius 3 is 2.48 bits per heavy atom. The standard InChI is InChI=1S/C13H19BF3NO3/c1-10(2)18(9-13(15,16)17)6-7-21-12-5-3-4-11(8-12)14(19)20/h3-5,8,10,19-20H,6-7,9H2,1-2H3. The summed E-state index contributed by atoms with van der Waals surface area (Å²) >= 11 is 0. The fourth-order valence-electron chi connectivity index (χ4n) is 1.80. The topological polar surface area (TPSA) is 52.9 Å². The van der Waals surface area contributed by atoms with Crippen LogP contribution in [0.15, 0.2) is 24.3 Å². The summed E-state index contributed by atoms with van der Waals surface area (Å²) in [5, 5.41) is 18.1. The van der Waals surface area contributed by atoms with E-state index < -0.39 is 19.8 Å². The Bertz CT molecular complexity index is 441. The van der Waals surface area contributed by atoms with Gasteiger partial charge in [-0.25, -0.2) is 0 Å². The molecule has 0 heterocycles. The van der Waals surface area contributed by atoms with Gasteiger partial charge in [0, 0.05) is 12.6 Å². The van der Waals surface area contributed by atoms with Crippen molar-refractivity contribution in [1.82, 2.24) is 4.90 Å². The van der Waals surface area contributed by atoms with Crippen molar-refractivity contribution in [3.05, 3.63) is 24.3 Å². The number of rotatable bonds is 7. The van der Waals surface area contributed by atoms with E-state index in [4.69, 9.17) is 14.8 Å². The summed E-state index contributed by atoms with van der Waals surface area (Å²) in [5.74, 6) is 0.385. The highest BCUT2D eigenvalue weighted by Crippen LogP contribution is 2.18. The molecule has 8 heteroatoms. The third kappa shape index (κ3) is 6.83. The molecule has 1 aromatic rings. The molecule has 1 aromatic carbocycles. The van der Waals surface area contributed by atoms with E-state index in [1.54, 1.807) is 26.0 Å². The summed E-state index contributed by atoms with van der Waals surface area (Å²) in [4.78, 5) is 1.27. The molecule has 0 unspecified atom stereocenters. The zero-order valence-corrected chi connectivity index (χ0v) is 12.0. The molecule has 0 saturated carbocycles. The van der Waals surface area contributed by atoms with E-state index in [-0.39, 0.29) is 24.7 Å². The van der Waals surface area contributed by atoms with E-state index in [1.807, 2.05) is 0 Å². The minimum atomic E-state index is -4.24. The Hall–Kier alpha value is -1.25. The minimum absolute atomic E-state index is 0.0826. The van der Waals surface area contributed by atoms with Crippen molar-refractivity contribution < 1.29 is 28.0 Å². The SMILES string of the molecule is CC(C)N(CCOc1cccc(B(O)O)c1)CC(F)(F)F. The fourth-order valence-corrected chi connectivity index (χ4v) is 1.80. The number of ether oxygens (including phenoxy) is 1. The second-order valence-electron chi connectivity index (χ2n) is 4.97. The third-order valence-corrected chi connectivity index (χ3v) is 2.92. The van der Waals surface area contributed by atoms with Gasteiger partial charge in [0.05, 0.1) is 6.54 Å². The van der Waals surface area contributed by atoms with Crippen molar-refractivity contribution in [2.45, 2.75) is 26.1 Å². The van der Waals surface area contributed by atoms with Gasteiger partial charge in [-0.1, -0.05) is 12.1 Å². The lowest BCUT2D eigenvalue weighted by atomic mass is 9.80. The van der Waals surface area contributed by atoms with Crippen LogP contribution in [0.2, 0.25) is 0 Å². The summed E-state index contributed by atoms with van der Waals surface area (Å²) in [6, 6.07) is 5.89. The van der Waals surface area contributed by atoms with E-state index >= 15 is 0 Å². The number of alkyl halides is 3. The summed E-state index contributed by atoms with van der Waals surface area (Å²) in [7, 11) is -1.61. The van der Waals surface area contributed by atoms with Crippen molar-refractivity contribution in [1.29, 1.82) is 0 Å². The van der Waals surface area contributed by atoms with Gasteiger partial charge < -0.3 is 14.8 Å². The lowest BCUT2D eigenvalue weighted by Crippen LogP contribution is -2.41. The van der Waals surface area contributed by atoms with Crippen molar-refractivity contribution in [2.24, 2.45) is 0 Å². The molecule has 0 aliphatic rings. The molecule has 0 atom stereocenters. The number of hydrogen-bond acceptors (Lipinski definition) is 4. The zero-order chi connectivity index (χ0) is 16.0. The molecule has 0 fully saturated rings. The van der Waals surface area contributed by atoms with Crippen LogP contribution in [0, 0.1) is 0 Å². The maximum absolute atomic E-state index is 12.4. The average molecular weight is 305 g/mol. The van der Waals surface area contributed by atoms with Crippen LogP contribution >= 0.6 is 0 Å². The highest BCUT2D eigenvalue weighted by atomic mass is 19.4. The van der Waals surface area contributed by atoms with Crippen molar-refractivity contribution in [2.75, 3.05) is 19.7 Å². The van der Waals surface area contributed by atoms with Gasteiger partial charge >= 0.3 is 13.3 Å². The second-order valence-corrected chi connectivity index (χ2v) is 4.97. The molecular weight excluding hydrogens is 286 g/mol. The number of benzene rings is 1. The first-order valence-electron chi connectivity index (χ1n) is 6.59. The molecule has 21 heavy (non-hydrogen) atoms. The molecule has 0 saturated heterocycles. The lowest BCUT2D eigenvalue weighted by molar-refractivity contribution is -0.150. The van der Waals surface area contributed by atoms with Gasteiger partial charge in [-0.2, -0.15) is 13.2 Å². The van der Waals surface area contributed by atoms with Gasteiger partial charge in [0.1, 0.15) is 12.4 Å². The quantitative estimate of drug-likeness (QED) is 0.739. The molecule has 0 amide bonds. The van der Waals surface area contributed by atoms with Gasteiger partial charge in [-0.05, 0) is 31.4 Å². The average Bonchev–Trinajstić information content (AvgIpc) is 2.36. The Labute approximate surface area is 122 Å². The number of hydrogen-bond donors (Lipinski definition) is 2. The first kappa shape index (κ1) is 17.8. The summed E-state index contributed by atoms with van der Waals surface area (Å²) in [6.45, 7) is 2.61. The van der Waals surface area contributed by atoms with Crippen LogP contribution in [0.4, 0.5) is 13.2 Å². The maximum atomic E-state index is 12.4. The molecule has 0 spiro atoms. The normalized spacial score (nSPS) is 12.0. The zero-order valence-electron chi connectivity index (χ0n) is 12.0. The minimum Gasteiger partial charge on any atom is -0.492 e. The van der Waals surface area contributed by atoms with Crippen molar-refractivity contribution in [3.8, 4) is 5.75 Å². The van der Waals surface area contributed by atoms with Gasteiger partial charge in [0.25, 0.3) is 0 Å². The van der Waals surface area contributed by atoms with E-state index in [9.17, 15) is 13.2 Å². The highest BCUT2D eigenvalue weighted by Gasteiger charge is 2.31. The molecule has 0 aromatic heterocycles. The van der Waals surface area contributed by atoms with Crippen LogP contribution in [0.25, 0.3) is 0 Å². The van der Waals surface area contributed by atoms with Crippen LogP contribution in [0.3, 0.4) is 0 Å².